The van der Waals surface area contributed by atoms with Crippen LogP contribution >= 0.6 is 11.8 Å². The number of nitrogens with zero attached hydrogens (tertiary/aromatic N) is 1. The van der Waals surface area contributed by atoms with Gasteiger partial charge in [0.2, 0.25) is 0 Å². The molecule has 0 aliphatic carbocycles. The normalized spacial score (nSPS) is 20.6. The second-order valence-electron chi connectivity index (χ2n) is 9.74. The van der Waals surface area contributed by atoms with E-state index in [9.17, 15) is 27.6 Å². The number of halogens is 3. The minimum Gasteiger partial charge on any atom is -0.414 e. The highest BCUT2D eigenvalue weighted by Gasteiger charge is 2.42. The average Bonchev–Trinajstić information content (AvgIpc) is 3.16. The van der Waals surface area contributed by atoms with Gasteiger partial charge in [0.1, 0.15) is 17.9 Å². The average molecular weight is 552 g/mol. The Bertz CT molecular complexity index is 1100. The maximum absolute atomic E-state index is 12.5. The number of rotatable bonds is 8. The molecule has 1 aliphatic rings. The van der Waals surface area contributed by atoms with E-state index < -0.39 is 50.5 Å². The van der Waals surface area contributed by atoms with Gasteiger partial charge in [-0.15, -0.1) is 11.8 Å². The second kappa shape index (κ2) is 12.0. The van der Waals surface area contributed by atoms with Crippen LogP contribution in [-0.4, -0.2) is 67.5 Å². The van der Waals surface area contributed by atoms with Crippen LogP contribution in [-0.2, 0) is 18.7 Å². The lowest BCUT2D eigenvalue weighted by Crippen LogP contribution is -2.44. The first kappa shape index (κ1) is 30.2. The van der Waals surface area contributed by atoms with Gasteiger partial charge in [-0.25, -0.2) is 4.79 Å². The number of carbonyl (C=O) groups is 1. The maximum atomic E-state index is 12.5. The summed E-state index contributed by atoms with van der Waals surface area (Å²) in [7, 11) is -2.08. The number of hydrogen-bond acceptors (Lipinski definition) is 7. The van der Waals surface area contributed by atoms with Crippen molar-refractivity contribution in [1.82, 2.24) is 14.9 Å². The molecule has 0 aromatic carbocycles. The predicted octanol–water partition coefficient (Wildman–Crippen LogP) is 2.58. The molecule has 0 bridgehead atoms. The van der Waals surface area contributed by atoms with Crippen molar-refractivity contribution < 1.29 is 31.9 Å². The number of amides is 1. The second-order valence-corrected chi connectivity index (χ2v) is 15.4. The molecule has 1 unspecified atom stereocenters. The van der Waals surface area contributed by atoms with Crippen molar-refractivity contribution in [2.24, 2.45) is 0 Å². The van der Waals surface area contributed by atoms with Crippen LogP contribution in [0.15, 0.2) is 15.8 Å². The quantitative estimate of drug-likeness (QED) is 0.290. The zero-order valence-electron chi connectivity index (χ0n) is 21.1. The first-order chi connectivity index (χ1) is 16.6. The standard InChI is InChI=1S/C22H32F3N3O6SSi/c1-21(2,3)36(5,6)33-12-16-15(32-13-35-4)10-17(34-16)28-11-14(18(29)27-20(28)31)8-7-9-26-19(30)22(23,24)25/h11,15-17H,9-10,12-13H2,1-6H3,(H,26,30)(H,27,29,31)/t15?,16-,17-/m1/s1. The summed E-state index contributed by atoms with van der Waals surface area (Å²) >= 11 is 1.49. The fourth-order valence-corrected chi connectivity index (χ4v) is 4.34. The molecule has 9 nitrogen and oxygen atoms in total. The molecule has 1 fully saturated rings. The summed E-state index contributed by atoms with van der Waals surface area (Å²) < 4.78 is 56.3. The first-order valence-electron chi connectivity index (χ1n) is 11.2. The Morgan fingerprint density at radius 2 is 2.00 bits per heavy atom. The van der Waals surface area contributed by atoms with Crippen molar-refractivity contribution in [1.29, 1.82) is 0 Å². The molecule has 202 valence electrons. The number of hydrogen-bond donors (Lipinski definition) is 2. The zero-order chi connectivity index (χ0) is 27.3. The third-order valence-electron chi connectivity index (χ3n) is 6.09. The number of thioether (sulfide) groups is 1. The van der Waals surface area contributed by atoms with E-state index in [-0.39, 0.29) is 23.3 Å². The highest BCUT2D eigenvalue weighted by molar-refractivity contribution is 7.98. The highest BCUT2D eigenvalue weighted by Crippen LogP contribution is 2.38. The van der Waals surface area contributed by atoms with Gasteiger partial charge in [0.15, 0.2) is 8.32 Å². The Hall–Kier alpha value is -2.05. The number of aromatic amines is 1. The molecule has 2 heterocycles. The van der Waals surface area contributed by atoms with Crippen LogP contribution in [0, 0.1) is 11.8 Å². The molecule has 1 amide bonds. The summed E-state index contributed by atoms with van der Waals surface area (Å²) in [4.78, 5) is 37.7. The van der Waals surface area contributed by atoms with Gasteiger partial charge in [-0.2, -0.15) is 13.2 Å². The molecular weight excluding hydrogens is 519 g/mol. The van der Waals surface area contributed by atoms with Gasteiger partial charge in [-0.3, -0.25) is 19.1 Å². The molecule has 36 heavy (non-hydrogen) atoms. The molecule has 1 saturated heterocycles. The predicted molar refractivity (Wildman–Crippen MR) is 132 cm³/mol. The van der Waals surface area contributed by atoms with E-state index in [0.717, 1.165) is 0 Å². The molecule has 14 heteroatoms. The summed E-state index contributed by atoms with van der Waals surface area (Å²) in [6.45, 7) is 10.2. The van der Waals surface area contributed by atoms with E-state index in [2.05, 4.69) is 50.7 Å². The summed E-state index contributed by atoms with van der Waals surface area (Å²) in [6, 6.07) is 0. The monoisotopic (exact) mass is 551 g/mol. The number of alkyl halides is 3. The molecular formula is C22H32F3N3O6SSi. The van der Waals surface area contributed by atoms with Crippen molar-refractivity contribution in [3.05, 3.63) is 32.6 Å². The Balaban J connectivity index is 2.21. The third-order valence-corrected chi connectivity index (χ3v) is 11.0. The molecule has 2 rings (SSSR count). The molecule has 1 aromatic heterocycles. The number of aromatic nitrogens is 2. The Morgan fingerprint density at radius 1 is 1.33 bits per heavy atom. The van der Waals surface area contributed by atoms with Gasteiger partial charge in [-0.1, -0.05) is 32.6 Å². The Morgan fingerprint density at radius 3 is 2.58 bits per heavy atom. The smallest absolute Gasteiger partial charge is 0.414 e. The Kier molecular flexibility index (Phi) is 10.1. The topological polar surface area (TPSA) is 112 Å². The van der Waals surface area contributed by atoms with Crippen molar-refractivity contribution in [3.8, 4) is 11.8 Å². The molecule has 0 radical (unpaired) electrons. The van der Waals surface area contributed by atoms with Crippen molar-refractivity contribution >= 4 is 26.0 Å². The zero-order valence-corrected chi connectivity index (χ0v) is 22.9. The van der Waals surface area contributed by atoms with Crippen LogP contribution < -0.4 is 16.6 Å². The third kappa shape index (κ3) is 7.97. The largest absolute Gasteiger partial charge is 0.471 e. The van der Waals surface area contributed by atoms with Crippen molar-refractivity contribution in [3.63, 3.8) is 0 Å². The van der Waals surface area contributed by atoms with Crippen LogP contribution in [0.25, 0.3) is 0 Å². The van der Waals surface area contributed by atoms with Gasteiger partial charge in [0, 0.05) is 12.6 Å². The van der Waals surface area contributed by atoms with E-state index in [1.165, 1.54) is 22.5 Å². The SMILES string of the molecule is CSCOC1C[C@H](n2cc(C#CCNC(=O)C(F)(F)F)c(=O)[nH]c2=O)O[C@@H]1CO[Si](C)(C)C(C)(C)C. The molecule has 1 aromatic rings. The van der Waals surface area contributed by atoms with E-state index in [1.54, 1.807) is 5.32 Å². The van der Waals surface area contributed by atoms with E-state index in [4.69, 9.17) is 13.9 Å². The summed E-state index contributed by atoms with van der Waals surface area (Å²) in [6.07, 6.45) is -3.24. The van der Waals surface area contributed by atoms with Crippen LogP contribution in [0.1, 0.15) is 39.0 Å². The van der Waals surface area contributed by atoms with E-state index >= 15 is 0 Å². The summed E-state index contributed by atoms with van der Waals surface area (Å²) in [5.41, 5.74) is -1.70. The van der Waals surface area contributed by atoms with Gasteiger partial charge >= 0.3 is 17.8 Å². The van der Waals surface area contributed by atoms with Crippen molar-refractivity contribution in [2.75, 3.05) is 25.3 Å². The van der Waals surface area contributed by atoms with Gasteiger partial charge in [-0.05, 0) is 24.4 Å². The molecule has 0 spiro atoms. The lowest BCUT2D eigenvalue weighted by molar-refractivity contribution is -0.173. The van der Waals surface area contributed by atoms with Crippen LogP contribution in [0.4, 0.5) is 13.2 Å². The number of ether oxygens (including phenoxy) is 2. The molecule has 0 saturated carbocycles. The van der Waals surface area contributed by atoms with Gasteiger partial charge in [0.25, 0.3) is 5.56 Å². The minimum atomic E-state index is -5.04. The lowest BCUT2D eigenvalue weighted by Gasteiger charge is -2.37. The van der Waals surface area contributed by atoms with Crippen LogP contribution in [0.2, 0.25) is 18.1 Å². The van der Waals surface area contributed by atoms with E-state index in [0.29, 0.717) is 12.4 Å². The molecule has 3 atom stereocenters. The number of H-pyrrole nitrogens is 1. The number of nitrogens with one attached hydrogen (secondary N) is 2. The van der Waals surface area contributed by atoms with E-state index in [1.807, 2.05) is 6.26 Å². The highest BCUT2D eigenvalue weighted by atomic mass is 32.2. The van der Waals surface area contributed by atoms with Gasteiger partial charge < -0.3 is 19.2 Å². The fourth-order valence-electron chi connectivity index (χ4n) is 3.01. The van der Waals surface area contributed by atoms with Crippen LogP contribution in [0.3, 0.4) is 0 Å². The fraction of sp³-hybridized carbons (Fsp3) is 0.682. The molecule has 2 N–H and O–H groups in total. The summed E-state index contributed by atoms with van der Waals surface area (Å²) in [5.74, 6) is 2.94. The maximum Gasteiger partial charge on any atom is 0.471 e. The number of carbonyl (C=O) groups excluding carboxylic acids is 1. The lowest BCUT2D eigenvalue weighted by atomic mass is 10.2. The first-order valence-corrected chi connectivity index (χ1v) is 15.5. The van der Waals surface area contributed by atoms with Gasteiger partial charge in [0.05, 0.1) is 25.2 Å². The molecule has 1 aliphatic heterocycles. The van der Waals surface area contributed by atoms with Crippen molar-refractivity contribution in [2.45, 2.75) is 69.9 Å². The van der Waals surface area contributed by atoms with Crippen LogP contribution in [0.5, 0.6) is 0 Å². The summed E-state index contributed by atoms with van der Waals surface area (Å²) in [5, 5.41) is 1.58. The Labute approximate surface area is 212 Å². The minimum absolute atomic E-state index is 0.0103.